The standard InChI is InChI=1S/C17H11N3O3/c18-8-12-15(19)23-14-7-9(21)5-6-11(14)17(12)10-3-1-2-4-13(10)20-16(17)22/h1-7,21H,19H2,(H,20,22)/t17-/m0/s1. The minimum Gasteiger partial charge on any atom is -0.508 e. The number of aromatic hydroxyl groups is 1. The zero-order chi connectivity index (χ0) is 16.2. The molecule has 4 rings (SSSR count). The van der Waals surface area contributed by atoms with Crippen molar-refractivity contribution in [2.45, 2.75) is 5.41 Å². The highest BCUT2D eigenvalue weighted by Crippen LogP contribution is 2.53. The van der Waals surface area contributed by atoms with Crippen LogP contribution in [0.1, 0.15) is 11.1 Å². The maximum Gasteiger partial charge on any atom is 0.245 e. The van der Waals surface area contributed by atoms with Crippen molar-refractivity contribution in [2.75, 3.05) is 5.32 Å². The molecule has 1 amide bonds. The molecular weight excluding hydrogens is 294 g/mol. The zero-order valence-corrected chi connectivity index (χ0v) is 11.8. The van der Waals surface area contributed by atoms with Crippen molar-refractivity contribution in [3.63, 3.8) is 0 Å². The van der Waals surface area contributed by atoms with Crippen LogP contribution in [0.2, 0.25) is 0 Å². The summed E-state index contributed by atoms with van der Waals surface area (Å²) in [6, 6.07) is 13.6. The van der Waals surface area contributed by atoms with E-state index in [1.165, 1.54) is 12.1 Å². The Morgan fingerprint density at radius 1 is 1.22 bits per heavy atom. The van der Waals surface area contributed by atoms with Crippen LogP contribution in [-0.2, 0) is 10.2 Å². The Bertz CT molecular complexity index is 942. The number of phenols is 1. The number of carbonyl (C=O) groups excluding carboxylic acids is 1. The fraction of sp³-hybridized carbons (Fsp3) is 0.0588. The lowest BCUT2D eigenvalue weighted by atomic mass is 9.69. The van der Waals surface area contributed by atoms with Crippen LogP contribution in [-0.4, -0.2) is 11.0 Å². The molecule has 2 aliphatic rings. The number of anilines is 1. The minimum atomic E-state index is -1.36. The van der Waals surface area contributed by atoms with E-state index in [0.29, 0.717) is 16.8 Å². The van der Waals surface area contributed by atoms with Crippen LogP contribution in [0.5, 0.6) is 11.5 Å². The van der Waals surface area contributed by atoms with Gasteiger partial charge in [0, 0.05) is 22.9 Å². The molecule has 6 nitrogen and oxygen atoms in total. The van der Waals surface area contributed by atoms with E-state index in [9.17, 15) is 15.2 Å². The Labute approximate surface area is 131 Å². The number of fused-ring (bicyclic) bond motifs is 4. The van der Waals surface area contributed by atoms with Crippen LogP contribution >= 0.6 is 0 Å². The first-order valence-corrected chi connectivity index (χ1v) is 6.91. The number of ether oxygens (including phenoxy) is 1. The van der Waals surface area contributed by atoms with Crippen LogP contribution in [0.15, 0.2) is 53.9 Å². The van der Waals surface area contributed by atoms with Crippen molar-refractivity contribution >= 4 is 11.6 Å². The number of benzene rings is 2. The Hall–Kier alpha value is -3.46. The van der Waals surface area contributed by atoms with Gasteiger partial charge in [0.2, 0.25) is 11.8 Å². The number of hydrogen-bond acceptors (Lipinski definition) is 5. The molecule has 1 atom stereocenters. The molecule has 6 heteroatoms. The molecule has 2 aliphatic heterocycles. The number of nitrogens with two attached hydrogens (primary N) is 1. The van der Waals surface area contributed by atoms with Gasteiger partial charge >= 0.3 is 0 Å². The number of hydrogen-bond donors (Lipinski definition) is 3. The van der Waals surface area contributed by atoms with Crippen LogP contribution in [0.3, 0.4) is 0 Å². The van der Waals surface area contributed by atoms with Crippen molar-refractivity contribution in [3.8, 4) is 17.6 Å². The average molecular weight is 305 g/mol. The van der Waals surface area contributed by atoms with E-state index in [1.807, 2.05) is 6.07 Å². The molecule has 0 fully saturated rings. The summed E-state index contributed by atoms with van der Waals surface area (Å²) in [4.78, 5) is 12.9. The summed E-state index contributed by atoms with van der Waals surface area (Å²) in [5.41, 5.74) is 6.32. The molecule has 2 aromatic rings. The van der Waals surface area contributed by atoms with Gasteiger partial charge in [0.1, 0.15) is 28.6 Å². The van der Waals surface area contributed by atoms with E-state index in [4.69, 9.17) is 10.5 Å². The van der Waals surface area contributed by atoms with E-state index >= 15 is 0 Å². The Kier molecular flexibility index (Phi) is 2.46. The van der Waals surface area contributed by atoms with Gasteiger partial charge in [-0.1, -0.05) is 18.2 Å². The molecule has 0 aliphatic carbocycles. The molecule has 0 unspecified atom stereocenters. The maximum absolute atomic E-state index is 12.9. The van der Waals surface area contributed by atoms with E-state index in [1.54, 1.807) is 30.3 Å². The average Bonchev–Trinajstić information content (AvgIpc) is 2.81. The largest absolute Gasteiger partial charge is 0.508 e. The quantitative estimate of drug-likeness (QED) is 0.686. The Morgan fingerprint density at radius 3 is 2.78 bits per heavy atom. The molecule has 0 saturated carbocycles. The first-order valence-electron chi connectivity index (χ1n) is 6.91. The van der Waals surface area contributed by atoms with Gasteiger partial charge in [-0.25, -0.2) is 0 Å². The van der Waals surface area contributed by atoms with Gasteiger partial charge in [0.25, 0.3) is 0 Å². The molecule has 112 valence electrons. The third kappa shape index (κ3) is 1.48. The van der Waals surface area contributed by atoms with Gasteiger partial charge in [-0.3, -0.25) is 4.79 Å². The first kappa shape index (κ1) is 13.2. The molecule has 0 radical (unpaired) electrons. The molecule has 1 spiro atoms. The lowest BCUT2D eigenvalue weighted by molar-refractivity contribution is -0.118. The Balaban J connectivity index is 2.15. The summed E-state index contributed by atoms with van der Waals surface area (Å²) in [6.45, 7) is 0. The van der Waals surface area contributed by atoms with E-state index in [2.05, 4.69) is 5.32 Å². The second kappa shape index (κ2) is 4.27. The summed E-state index contributed by atoms with van der Waals surface area (Å²) < 4.78 is 5.46. The first-order chi connectivity index (χ1) is 11.1. The third-order valence-electron chi connectivity index (χ3n) is 4.24. The summed E-state index contributed by atoms with van der Waals surface area (Å²) in [5.74, 6) is -0.266. The summed E-state index contributed by atoms with van der Waals surface area (Å²) in [5, 5.41) is 22.1. The minimum absolute atomic E-state index is 0.0150. The summed E-state index contributed by atoms with van der Waals surface area (Å²) >= 11 is 0. The predicted molar refractivity (Wildman–Crippen MR) is 81.4 cm³/mol. The van der Waals surface area contributed by atoms with Gasteiger partial charge in [-0.15, -0.1) is 0 Å². The highest BCUT2D eigenvalue weighted by molar-refractivity contribution is 6.12. The highest BCUT2D eigenvalue weighted by atomic mass is 16.5. The second-order valence-corrected chi connectivity index (χ2v) is 5.38. The van der Waals surface area contributed by atoms with Gasteiger partial charge in [-0.05, 0) is 18.2 Å². The van der Waals surface area contributed by atoms with Crippen molar-refractivity contribution in [1.29, 1.82) is 5.26 Å². The Morgan fingerprint density at radius 2 is 2.00 bits per heavy atom. The molecule has 2 aromatic carbocycles. The summed E-state index contributed by atoms with van der Waals surface area (Å²) in [7, 11) is 0. The number of amides is 1. The second-order valence-electron chi connectivity index (χ2n) is 5.38. The smallest absolute Gasteiger partial charge is 0.245 e. The fourth-order valence-corrected chi connectivity index (χ4v) is 3.31. The predicted octanol–water partition coefficient (Wildman–Crippen LogP) is 1.72. The van der Waals surface area contributed by atoms with Crippen molar-refractivity contribution in [3.05, 3.63) is 65.0 Å². The molecule has 23 heavy (non-hydrogen) atoms. The normalized spacial score (nSPS) is 21.3. The molecule has 0 bridgehead atoms. The lowest BCUT2D eigenvalue weighted by Gasteiger charge is -2.33. The van der Waals surface area contributed by atoms with Crippen molar-refractivity contribution < 1.29 is 14.6 Å². The van der Waals surface area contributed by atoms with Crippen molar-refractivity contribution in [2.24, 2.45) is 5.73 Å². The SMILES string of the molecule is N#CC1=C(N)Oc2cc(O)ccc2[C@]12C(=O)Nc1ccccc12. The number of phenolic OH excluding ortho intramolecular Hbond substituents is 1. The van der Waals surface area contributed by atoms with Gasteiger partial charge in [0.05, 0.1) is 0 Å². The number of nitrogens with one attached hydrogen (secondary N) is 1. The summed E-state index contributed by atoms with van der Waals surface area (Å²) in [6.07, 6.45) is 0. The zero-order valence-electron chi connectivity index (χ0n) is 11.8. The van der Waals surface area contributed by atoms with Gasteiger partial charge < -0.3 is 20.9 Å². The number of rotatable bonds is 0. The number of para-hydroxylation sites is 1. The highest BCUT2D eigenvalue weighted by Gasteiger charge is 2.56. The van der Waals surface area contributed by atoms with Crippen molar-refractivity contribution in [1.82, 2.24) is 0 Å². The molecular formula is C17H11N3O3. The van der Waals surface area contributed by atoms with Gasteiger partial charge in [-0.2, -0.15) is 5.26 Å². The molecule has 4 N–H and O–H groups in total. The topological polar surface area (TPSA) is 108 Å². The number of carbonyl (C=O) groups is 1. The van der Waals surface area contributed by atoms with Crippen LogP contribution in [0.25, 0.3) is 0 Å². The molecule has 2 heterocycles. The fourth-order valence-electron chi connectivity index (χ4n) is 3.31. The van der Waals surface area contributed by atoms with Crippen LogP contribution in [0, 0.1) is 11.3 Å². The van der Waals surface area contributed by atoms with E-state index in [0.717, 1.165) is 0 Å². The van der Waals surface area contributed by atoms with E-state index in [-0.39, 0.29) is 28.9 Å². The van der Waals surface area contributed by atoms with E-state index < -0.39 is 5.41 Å². The lowest BCUT2D eigenvalue weighted by Crippen LogP contribution is -2.42. The molecule has 0 aromatic heterocycles. The van der Waals surface area contributed by atoms with Crippen LogP contribution < -0.4 is 15.8 Å². The van der Waals surface area contributed by atoms with Gasteiger partial charge in [0.15, 0.2) is 0 Å². The third-order valence-corrected chi connectivity index (χ3v) is 4.24. The number of nitriles is 1. The van der Waals surface area contributed by atoms with Crippen LogP contribution in [0.4, 0.5) is 5.69 Å². The maximum atomic E-state index is 12.9. The number of nitrogens with zero attached hydrogens (tertiary/aromatic N) is 1. The molecule has 0 saturated heterocycles. The monoisotopic (exact) mass is 305 g/mol.